The summed E-state index contributed by atoms with van der Waals surface area (Å²) in [4.78, 5) is 4.51. The zero-order chi connectivity index (χ0) is 9.84. The molecule has 0 radical (unpaired) electrons. The molecular weight excluding hydrogens is 160 g/mol. The minimum absolute atomic E-state index is 1.04. The Morgan fingerprint density at radius 1 is 1.46 bits per heavy atom. The van der Waals surface area contributed by atoms with Gasteiger partial charge in [0.05, 0.1) is 5.69 Å². The number of unbranched alkanes of at least 4 members (excludes halogenated alkanes) is 1. The number of aryl methyl sites for hydroxylation is 2. The summed E-state index contributed by atoms with van der Waals surface area (Å²) in [5.74, 6) is 1.04. The molecule has 1 aromatic heterocycles. The third-order valence-corrected chi connectivity index (χ3v) is 2.37. The first-order valence-electron chi connectivity index (χ1n) is 4.87. The molecule has 13 heavy (non-hydrogen) atoms. The van der Waals surface area contributed by atoms with E-state index < -0.39 is 0 Å². The van der Waals surface area contributed by atoms with Gasteiger partial charge < -0.3 is 4.57 Å². The number of aromatic nitrogens is 2. The van der Waals surface area contributed by atoms with Crippen LogP contribution in [0.4, 0.5) is 0 Å². The van der Waals surface area contributed by atoms with Gasteiger partial charge >= 0.3 is 0 Å². The molecule has 1 aromatic rings. The van der Waals surface area contributed by atoms with Crippen molar-refractivity contribution in [3.8, 4) is 0 Å². The Labute approximate surface area is 80.3 Å². The summed E-state index contributed by atoms with van der Waals surface area (Å²) in [6.45, 7) is 10.1. The van der Waals surface area contributed by atoms with Crippen molar-refractivity contribution in [3.05, 3.63) is 23.8 Å². The van der Waals surface area contributed by atoms with E-state index in [0.717, 1.165) is 12.2 Å². The largest absolute Gasteiger partial charge is 0.308 e. The van der Waals surface area contributed by atoms with Gasteiger partial charge in [-0.05, 0) is 26.7 Å². The van der Waals surface area contributed by atoms with Crippen molar-refractivity contribution < 1.29 is 0 Å². The molecule has 0 aliphatic carbocycles. The zero-order valence-corrected chi connectivity index (χ0v) is 8.80. The summed E-state index contributed by atoms with van der Waals surface area (Å²) >= 11 is 0. The van der Waals surface area contributed by atoms with Crippen molar-refractivity contribution in [2.24, 2.45) is 0 Å². The average molecular weight is 178 g/mol. The van der Waals surface area contributed by atoms with Crippen LogP contribution in [0.15, 0.2) is 6.58 Å². The molecule has 0 saturated heterocycles. The highest BCUT2D eigenvalue weighted by Gasteiger charge is 2.07. The van der Waals surface area contributed by atoms with Crippen LogP contribution in [0, 0.1) is 13.8 Å². The number of nitrogens with zero attached hydrogens (tertiary/aromatic N) is 2. The van der Waals surface area contributed by atoms with E-state index in [9.17, 15) is 0 Å². The van der Waals surface area contributed by atoms with Gasteiger partial charge in [0.1, 0.15) is 5.82 Å². The molecule has 1 heterocycles. The Kier molecular flexibility index (Phi) is 3.29. The van der Waals surface area contributed by atoms with Gasteiger partial charge in [0, 0.05) is 11.9 Å². The fourth-order valence-corrected chi connectivity index (χ4v) is 1.56. The smallest absolute Gasteiger partial charge is 0.110 e. The number of hydrogen-bond acceptors (Lipinski definition) is 1. The highest BCUT2D eigenvalue weighted by Crippen LogP contribution is 2.13. The van der Waals surface area contributed by atoms with E-state index in [1.165, 1.54) is 24.2 Å². The van der Waals surface area contributed by atoms with E-state index in [4.69, 9.17) is 0 Å². The first-order chi connectivity index (χ1) is 6.20. The molecule has 1 rings (SSSR count). The maximum atomic E-state index is 4.51. The van der Waals surface area contributed by atoms with E-state index in [2.05, 4.69) is 25.4 Å². The van der Waals surface area contributed by atoms with Crippen molar-refractivity contribution in [1.82, 2.24) is 9.55 Å². The Hall–Kier alpha value is -1.05. The normalized spacial score (nSPS) is 10.4. The van der Waals surface area contributed by atoms with E-state index in [-0.39, 0.29) is 0 Å². The summed E-state index contributed by atoms with van der Waals surface area (Å²) in [5.41, 5.74) is 2.46. The van der Waals surface area contributed by atoms with Gasteiger partial charge in [-0.25, -0.2) is 4.98 Å². The van der Waals surface area contributed by atoms with Gasteiger partial charge in [-0.15, -0.1) is 0 Å². The summed E-state index contributed by atoms with van der Waals surface area (Å²) in [5, 5.41) is 0. The van der Waals surface area contributed by atoms with E-state index >= 15 is 0 Å². The van der Waals surface area contributed by atoms with Crippen LogP contribution in [0.3, 0.4) is 0 Å². The number of rotatable bonds is 4. The Morgan fingerprint density at radius 2 is 2.15 bits per heavy atom. The maximum Gasteiger partial charge on any atom is 0.110 e. The molecule has 72 valence electrons. The van der Waals surface area contributed by atoms with Crippen LogP contribution in [-0.4, -0.2) is 9.55 Å². The van der Waals surface area contributed by atoms with Crippen molar-refractivity contribution in [2.45, 2.75) is 40.0 Å². The van der Waals surface area contributed by atoms with Crippen molar-refractivity contribution in [2.75, 3.05) is 0 Å². The van der Waals surface area contributed by atoms with Gasteiger partial charge in [0.15, 0.2) is 0 Å². The monoisotopic (exact) mass is 178 g/mol. The lowest BCUT2D eigenvalue weighted by atomic mass is 10.2. The minimum atomic E-state index is 1.04. The zero-order valence-electron chi connectivity index (χ0n) is 8.80. The predicted molar refractivity (Wildman–Crippen MR) is 56.7 cm³/mol. The molecule has 0 aliphatic rings. The van der Waals surface area contributed by atoms with Gasteiger partial charge in [0.25, 0.3) is 0 Å². The van der Waals surface area contributed by atoms with Crippen LogP contribution in [0.2, 0.25) is 0 Å². The lowest BCUT2D eigenvalue weighted by Crippen LogP contribution is -1.92. The highest BCUT2D eigenvalue weighted by atomic mass is 15.1. The van der Waals surface area contributed by atoms with Crippen molar-refractivity contribution in [1.29, 1.82) is 0 Å². The fourth-order valence-electron chi connectivity index (χ4n) is 1.56. The van der Waals surface area contributed by atoms with Gasteiger partial charge in [-0.2, -0.15) is 0 Å². The minimum Gasteiger partial charge on any atom is -0.308 e. The lowest BCUT2D eigenvalue weighted by molar-refractivity contribution is 0.775. The second kappa shape index (κ2) is 4.26. The van der Waals surface area contributed by atoms with Crippen LogP contribution in [0.1, 0.15) is 37.0 Å². The summed E-state index contributed by atoms with van der Waals surface area (Å²) in [6, 6.07) is 0. The standard InChI is InChI=1S/C11H18N2/c1-5-7-8-11-9(3)13(6-2)10(4)12-11/h6H,2,5,7-8H2,1,3-4H3. The topological polar surface area (TPSA) is 17.8 Å². The predicted octanol–water partition coefficient (Wildman–Crippen LogP) is 2.94. The molecule has 0 N–H and O–H groups in total. The first-order valence-corrected chi connectivity index (χ1v) is 4.87. The quantitative estimate of drug-likeness (QED) is 0.693. The molecule has 0 aromatic carbocycles. The first kappa shape index (κ1) is 10.0. The summed E-state index contributed by atoms with van der Waals surface area (Å²) in [6.07, 6.45) is 5.35. The number of hydrogen-bond donors (Lipinski definition) is 0. The summed E-state index contributed by atoms with van der Waals surface area (Å²) < 4.78 is 2.05. The van der Waals surface area contributed by atoms with Crippen LogP contribution in [-0.2, 0) is 6.42 Å². The number of imidazole rings is 1. The summed E-state index contributed by atoms with van der Waals surface area (Å²) in [7, 11) is 0. The maximum absolute atomic E-state index is 4.51. The highest BCUT2D eigenvalue weighted by molar-refractivity contribution is 5.29. The molecule has 0 saturated carbocycles. The second-order valence-corrected chi connectivity index (χ2v) is 3.35. The van der Waals surface area contributed by atoms with Gasteiger partial charge in [-0.3, -0.25) is 0 Å². The molecule has 0 amide bonds. The fraction of sp³-hybridized carbons (Fsp3) is 0.545. The molecule has 0 aliphatic heterocycles. The molecule has 2 heteroatoms. The molecular formula is C11H18N2. The van der Waals surface area contributed by atoms with Crippen molar-refractivity contribution >= 4 is 6.20 Å². The van der Waals surface area contributed by atoms with E-state index in [1.807, 2.05) is 17.7 Å². The van der Waals surface area contributed by atoms with E-state index in [1.54, 1.807) is 0 Å². The Bertz CT molecular complexity index is 297. The SMILES string of the molecule is C=Cn1c(C)nc(CCCC)c1C. The molecule has 0 fully saturated rings. The Morgan fingerprint density at radius 3 is 2.62 bits per heavy atom. The van der Waals surface area contributed by atoms with Crippen LogP contribution < -0.4 is 0 Å². The van der Waals surface area contributed by atoms with E-state index in [0.29, 0.717) is 0 Å². The van der Waals surface area contributed by atoms with Gasteiger partial charge in [-0.1, -0.05) is 19.9 Å². The van der Waals surface area contributed by atoms with Crippen molar-refractivity contribution in [3.63, 3.8) is 0 Å². The lowest BCUT2D eigenvalue weighted by Gasteiger charge is -1.99. The third-order valence-electron chi connectivity index (χ3n) is 2.37. The Balaban J connectivity index is 2.90. The molecule has 2 nitrogen and oxygen atoms in total. The second-order valence-electron chi connectivity index (χ2n) is 3.35. The van der Waals surface area contributed by atoms with Gasteiger partial charge in [0.2, 0.25) is 0 Å². The van der Waals surface area contributed by atoms with Crippen LogP contribution in [0.5, 0.6) is 0 Å². The molecule has 0 spiro atoms. The van der Waals surface area contributed by atoms with Crippen LogP contribution in [0.25, 0.3) is 6.20 Å². The molecule has 0 bridgehead atoms. The van der Waals surface area contributed by atoms with Crippen LogP contribution >= 0.6 is 0 Å². The third kappa shape index (κ3) is 2.00. The molecule has 0 atom stereocenters. The average Bonchev–Trinajstić information content (AvgIpc) is 2.38. The molecule has 0 unspecified atom stereocenters.